The lowest BCUT2D eigenvalue weighted by molar-refractivity contribution is -0.122. The molecule has 0 saturated carbocycles. The fourth-order valence-electron chi connectivity index (χ4n) is 1.73. The van der Waals surface area contributed by atoms with Crippen LogP contribution in [0.25, 0.3) is 0 Å². The van der Waals surface area contributed by atoms with Gasteiger partial charge in [-0.3, -0.25) is 4.79 Å². The van der Waals surface area contributed by atoms with Crippen LogP contribution in [-0.2, 0) is 4.79 Å². The molecule has 110 valence electrons. The van der Waals surface area contributed by atoms with Gasteiger partial charge in [0.1, 0.15) is 5.75 Å². The van der Waals surface area contributed by atoms with E-state index in [4.69, 9.17) is 27.9 Å². The molecule has 3 nitrogen and oxygen atoms in total. The summed E-state index contributed by atoms with van der Waals surface area (Å²) in [5.74, 6) is 0.313. The lowest BCUT2D eigenvalue weighted by Crippen LogP contribution is -2.30. The zero-order valence-electron chi connectivity index (χ0n) is 11.7. The summed E-state index contributed by atoms with van der Waals surface area (Å²) >= 11 is 11.9. The van der Waals surface area contributed by atoms with Crippen LogP contribution in [0.5, 0.6) is 5.75 Å². The Morgan fingerprint density at radius 2 is 1.81 bits per heavy atom. The first-order valence-corrected chi connectivity index (χ1v) is 7.20. The van der Waals surface area contributed by atoms with Crippen LogP contribution >= 0.6 is 23.2 Å². The molecule has 1 N–H and O–H groups in total. The summed E-state index contributed by atoms with van der Waals surface area (Å²) in [6.07, 6.45) is -0.649. The minimum absolute atomic E-state index is 0.268. The Bertz CT molecular complexity index is 641. The number of hydrogen-bond acceptors (Lipinski definition) is 2. The molecule has 0 radical (unpaired) electrons. The molecule has 1 atom stereocenters. The number of nitrogens with one attached hydrogen (secondary N) is 1. The molecule has 0 fully saturated rings. The number of rotatable bonds is 4. The van der Waals surface area contributed by atoms with Crippen molar-refractivity contribution in [1.29, 1.82) is 0 Å². The molecule has 21 heavy (non-hydrogen) atoms. The minimum atomic E-state index is -0.649. The van der Waals surface area contributed by atoms with Crippen molar-refractivity contribution in [1.82, 2.24) is 0 Å². The monoisotopic (exact) mass is 323 g/mol. The van der Waals surface area contributed by atoms with E-state index in [0.29, 0.717) is 21.5 Å². The molecule has 0 spiro atoms. The average molecular weight is 324 g/mol. The van der Waals surface area contributed by atoms with Crippen LogP contribution in [-0.4, -0.2) is 12.0 Å². The second kappa shape index (κ2) is 6.83. The third-order valence-corrected chi connectivity index (χ3v) is 3.44. The van der Waals surface area contributed by atoms with Gasteiger partial charge in [0, 0.05) is 5.02 Å². The highest BCUT2D eigenvalue weighted by Crippen LogP contribution is 2.23. The van der Waals surface area contributed by atoms with E-state index in [-0.39, 0.29) is 5.91 Å². The molecule has 0 aliphatic carbocycles. The summed E-state index contributed by atoms with van der Waals surface area (Å²) < 4.78 is 5.55. The van der Waals surface area contributed by atoms with Gasteiger partial charge in [-0.15, -0.1) is 0 Å². The molecule has 0 aliphatic rings. The normalized spacial score (nSPS) is 11.8. The summed E-state index contributed by atoms with van der Waals surface area (Å²) in [5, 5.41) is 3.87. The number of benzene rings is 2. The average Bonchev–Trinajstić information content (AvgIpc) is 2.44. The number of carbonyl (C=O) groups excluding carboxylic acids is 1. The van der Waals surface area contributed by atoms with Gasteiger partial charge in [-0.2, -0.15) is 0 Å². The van der Waals surface area contributed by atoms with Crippen molar-refractivity contribution < 1.29 is 9.53 Å². The quantitative estimate of drug-likeness (QED) is 0.885. The van der Waals surface area contributed by atoms with Crippen LogP contribution in [0.3, 0.4) is 0 Å². The fourth-order valence-corrected chi connectivity index (χ4v) is 2.14. The molecule has 0 saturated heterocycles. The van der Waals surface area contributed by atoms with E-state index in [1.54, 1.807) is 43.3 Å². The Kier molecular flexibility index (Phi) is 5.10. The number of hydrogen-bond donors (Lipinski definition) is 1. The zero-order chi connectivity index (χ0) is 15.4. The molecule has 0 heterocycles. The van der Waals surface area contributed by atoms with Crippen molar-refractivity contribution in [2.24, 2.45) is 0 Å². The Morgan fingerprint density at radius 3 is 2.43 bits per heavy atom. The lowest BCUT2D eigenvalue weighted by Gasteiger charge is -2.15. The number of carbonyl (C=O) groups is 1. The maximum absolute atomic E-state index is 12.1. The fraction of sp³-hybridized carbons (Fsp3) is 0.188. The van der Waals surface area contributed by atoms with Crippen molar-refractivity contribution in [3.05, 3.63) is 58.1 Å². The lowest BCUT2D eigenvalue weighted by atomic mass is 10.2. The van der Waals surface area contributed by atoms with Gasteiger partial charge >= 0.3 is 0 Å². The second-order valence-electron chi connectivity index (χ2n) is 4.69. The smallest absolute Gasteiger partial charge is 0.265 e. The Balaban J connectivity index is 2.00. The van der Waals surface area contributed by atoms with Crippen molar-refractivity contribution in [3.8, 4) is 5.75 Å². The summed E-state index contributed by atoms with van der Waals surface area (Å²) in [7, 11) is 0. The maximum Gasteiger partial charge on any atom is 0.265 e. The van der Waals surface area contributed by atoms with Gasteiger partial charge in [0.05, 0.1) is 10.7 Å². The SMILES string of the molecule is Cc1ccc(NC(=O)C(C)Oc2ccc(Cl)cc2)c(Cl)c1. The van der Waals surface area contributed by atoms with E-state index in [9.17, 15) is 4.79 Å². The molecule has 0 bridgehead atoms. The molecule has 0 aliphatic heterocycles. The van der Waals surface area contributed by atoms with Crippen LogP contribution in [0.15, 0.2) is 42.5 Å². The minimum Gasteiger partial charge on any atom is -0.481 e. The zero-order valence-corrected chi connectivity index (χ0v) is 13.2. The Morgan fingerprint density at radius 1 is 1.14 bits per heavy atom. The second-order valence-corrected chi connectivity index (χ2v) is 5.53. The third kappa shape index (κ3) is 4.38. The Hall–Kier alpha value is -1.71. The van der Waals surface area contributed by atoms with E-state index in [1.165, 1.54) is 0 Å². The standard InChI is InChI=1S/C16H15Cl2NO2/c1-10-3-8-15(14(18)9-10)19-16(20)11(2)21-13-6-4-12(17)5-7-13/h3-9,11H,1-2H3,(H,19,20). The first kappa shape index (κ1) is 15.7. The van der Waals surface area contributed by atoms with Crippen molar-refractivity contribution in [2.45, 2.75) is 20.0 Å². The molecule has 2 aromatic rings. The summed E-state index contributed by atoms with van der Waals surface area (Å²) in [6, 6.07) is 12.3. The van der Waals surface area contributed by atoms with Crippen molar-refractivity contribution >= 4 is 34.8 Å². The molecular weight excluding hydrogens is 309 g/mol. The van der Waals surface area contributed by atoms with Gasteiger partial charge < -0.3 is 10.1 Å². The number of amides is 1. The molecule has 0 aromatic heterocycles. The topological polar surface area (TPSA) is 38.3 Å². The van der Waals surface area contributed by atoms with Crippen LogP contribution in [0.2, 0.25) is 10.0 Å². The molecule has 2 rings (SSSR count). The van der Waals surface area contributed by atoms with Crippen LogP contribution in [0, 0.1) is 6.92 Å². The maximum atomic E-state index is 12.1. The van der Waals surface area contributed by atoms with Crippen molar-refractivity contribution in [3.63, 3.8) is 0 Å². The summed E-state index contributed by atoms with van der Waals surface area (Å²) in [6.45, 7) is 3.61. The van der Waals surface area contributed by atoms with E-state index in [0.717, 1.165) is 5.56 Å². The highest BCUT2D eigenvalue weighted by atomic mass is 35.5. The molecule has 2 aromatic carbocycles. The van der Waals surface area contributed by atoms with Crippen molar-refractivity contribution in [2.75, 3.05) is 5.32 Å². The largest absolute Gasteiger partial charge is 0.481 e. The van der Waals surface area contributed by atoms with Gasteiger partial charge in [-0.05, 0) is 55.8 Å². The third-order valence-electron chi connectivity index (χ3n) is 2.88. The molecular formula is C16H15Cl2NO2. The molecule has 1 amide bonds. The van der Waals surface area contributed by atoms with Gasteiger partial charge in [0.2, 0.25) is 0 Å². The van der Waals surface area contributed by atoms with Crippen LogP contribution in [0.4, 0.5) is 5.69 Å². The predicted molar refractivity (Wildman–Crippen MR) is 86.4 cm³/mol. The number of aryl methyl sites for hydroxylation is 1. The number of ether oxygens (including phenoxy) is 1. The highest BCUT2D eigenvalue weighted by molar-refractivity contribution is 6.33. The van der Waals surface area contributed by atoms with Crippen LogP contribution < -0.4 is 10.1 Å². The Labute approximate surface area is 133 Å². The summed E-state index contributed by atoms with van der Waals surface area (Å²) in [5.41, 5.74) is 1.60. The van der Waals surface area contributed by atoms with Gasteiger partial charge in [0.15, 0.2) is 6.10 Å². The molecule has 5 heteroatoms. The van der Waals surface area contributed by atoms with Gasteiger partial charge in [-0.25, -0.2) is 0 Å². The predicted octanol–water partition coefficient (Wildman–Crippen LogP) is 4.71. The van der Waals surface area contributed by atoms with Gasteiger partial charge in [-0.1, -0.05) is 29.3 Å². The summed E-state index contributed by atoms with van der Waals surface area (Å²) in [4.78, 5) is 12.1. The number of anilines is 1. The first-order chi connectivity index (χ1) is 9.95. The number of halogens is 2. The van der Waals surface area contributed by atoms with E-state index >= 15 is 0 Å². The first-order valence-electron chi connectivity index (χ1n) is 6.45. The van der Waals surface area contributed by atoms with Crippen LogP contribution in [0.1, 0.15) is 12.5 Å². The molecule has 1 unspecified atom stereocenters. The van der Waals surface area contributed by atoms with Gasteiger partial charge in [0.25, 0.3) is 5.91 Å². The van der Waals surface area contributed by atoms with E-state index < -0.39 is 6.10 Å². The highest BCUT2D eigenvalue weighted by Gasteiger charge is 2.16. The van der Waals surface area contributed by atoms with E-state index in [1.807, 2.05) is 13.0 Å². The van der Waals surface area contributed by atoms with E-state index in [2.05, 4.69) is 5.32 Å².